The SMILES string of the molecule is C=C1CC(N)C2C(OC(=O)C2(O)CCl)C2C1CC(N)C2C. The lowest BCUT2D eigenvalue weighted by molar-refractivity contribution is -0.155. The van der Waals surface area contributed by atoms with E-state index in [1.165, 1.54) is 0 Å². The van der Waals surface area contributed by atoms with Gasteiger partial charge in [0.05, 0.1) is 11.8 Å². The van der Waals surface area contributed by atoms with Crippen molar-refractivity contribution >= 4 is 17.6 Å². The van der Waals surface area contributed by atoms with Crippen LogP contribution in [-0.2, 0) is 9.53 Å². The summed E-state index contributed by atoms with van der Waals surface area (Å²) in [5.74, 6) is -0.905. The van der Waals surface area contributed by atoms with Crippen LogP contribution in [-0.4, -0.2) is 40.7 Å². The van der Waals surface area contributed by atoms with Gasteiger partial charge in [-0.2, -0.15) is 0 Å². The van der Waals surface area contributed by atoms with Crippen LogP contribution in [0.15, 0.2) is 12.2 Å². The monoisotopic (exact) mass is 314 g/mol. The van der Waals surface area contributed by atoms with E-state index in [0.717, 1.165) is 12.0 Å². The number of esters is 1. The Kier molecular flexibility index (Phi) is 3.60. The molecule has 5 N–H and O–H groups in total. The molecule has 0 amide bonds. The third-order valence-electron chi connectivity index (χ3n) is 5.84. The van der Waals surface area contributed by atoms with Gasteiger partial charge >= 0.3 is 5.97 Å². The number of halogens is 1. The van der Waals surface area contributed by atoms with Gasteiger partial charge in [0, 0.05) is 18.0 Å². The van der Waals surface area contributed by atoms with Crippen LogP contribution in [0.5, 0.6) is 0 Å². The molecule has 1 aliphatic heterocycles. The zero-order chi connectivity index (χ0) is 15.5. The number of alkyl halides is 1. The Balaban J connectivity index is 2.05. The van der Waals surface area contributed by atoms with Crippen molar-refractivity contribution in [3.05, 3.63) is 12.2 Å². The third-order valence-corrected chi connectivity index (χ3v) is 6.25. The van der Waals surface area contributed by atoms with Crippen molar-refractivity contribution in [1.82, 2.24) is 0 Å². The predicted octanol–water partition coefficient (Wildman–Crippen LogP) is 0.385. The van der Waals surface area contributed by atoms with Gasteiger partial charge in [0.1, 0.15) is 6.10 Å². The van der Waals surface area contributed by atoms with Crippen LogP contribution in [0.4, 0.5) is 0 Å². The summed E-state index contributed by atoms with van der Waals surface area (Å²) in [5, 5.41) is 10.7. The van der Waals surface area contributed by atoms with Crippen molar-refractivity contribution in [2.24, 2.45) is 35.1 Å². The van der Waals surface area contributed by atoms with Gasteiger partial charge in [-0.25, -0.2) is 4.79 Å². The number of hydrogen-bond acceptors (Lipinski definition) is 5. The highest BCUT2D eigenvalue weighted by atomic mass is 35.5. The molecule has 6 heteroatoms. The second-order valence-electron chi connectivity index (χ2n) is 6.92. The molecule has 3 aliphatic rings. The van der Waals surface area contributed by atoms with E-state index >= 15 is 0 Å². The van der Waals surface area contributed by atoms with E-state index in [9.17, 15) is 9.90 Å². The molecular formula is C15H23ClN2O3. The maximum atomic E-state index is 12.1. The van der Waals surface area contributed by atoms with Crippen LogP contribution >= 0.6 is 11.6 Å². The van der Waals surface area contributed by atoms with Crippen molar-refractivity contribution in [1.29, 1.82) is 0 Å². The minimum atomic E-state index is -1.70. The fourth-order valence-corrected chi connectivity index (χ4v) is 4.92. The number of rotatable bonds is 1. The first-order chi connectivity index (χ1) is 9.81. The highest BCUT2D eigenvalue weighted by Crippen LogP contribution is 2.53. The molecule has 0 bridgehead atoms. The second-order valence-corrected chi connectivity index (χ2v) is 7.19. The van der Waals surface area contributed by atoms with Gasteiger partial charge < -0.3 is 21.3 Å². The van der Waals surface area contributed by atoms with Gasteiger partial charge in [0.15, 0.2) is 5.60 Å². The second kappa shape index (κ2) is 4.95. The van der Waals surface area contributed by atoms with Crippen molar-refractivity contribution in [2.45, 2.75) is 43.6 Å². The molecular weight excluding hydrogens is 292 g/mol. The predicted molar refractivity (Wildman–Crippen MR) is 79.5 cm³/mol. The van der Waals surface area contributed by atoms with Gasteiger partial charge in [0.25, 0.3) is 0 Å². The average Bonchev–Trinajstić information content (AvgIpc) is 2.82. The Morgan fingerprint density at radius 3 is 2.76 bits per heavy atom. The number of hydrogen-bond donors (Lipinski definition) is 3. The summed E-state index contributed by atoms with van der Waals surface area (Å²) in [5.41, 5.74) is 11.8. The van der Waals surface area contributed by atoms with Crippen LogP contribution in [0.25, 0.3) is 0 Å². The molecule has 118 valence electrons. The molecule has 2 aliphatic carbocycles. The summed E-state index contributed by atoms with van der Waals surface area (Å²) in [4.78, 5) is 12.1. The number of fused-ring (bicyclic) bond motifs is 3. The zero-order valence-electron chi connectivity index (χ0n) is 12.2. The lowest BCUT2D eigenvalue weighted by atomic mass is 9.75. The first-order valence-corrected chi connectivity index (χ1v) is 8.03. The first-order valence-electron chi connectivity index (χ1n) is 7.49. The molecule has 3 fully saturated rings. The van der Waals surface area contributed by atoms with Gasteiger partial charge in [-0.1, -0.05) is 19.1 Å². The maximum absolute atomic E-state index is 12.1. The molecule has 1 saturated heterocycles. The molecule has 0 aromatic heterocycles. The van der Waals surface area contributed by atoms with Gasteiger partial charge in [-0.3, -0.25) is 0 Å². The summed E-state index contributed by atoms with van der Waals surface area (Å²) in [6, 6.07) is -0.332. The molecule has 5 nitrogen and oxygen atoms in total. The van der Waals surface area contributed by atoms with Crippen molar-refractivity contribution in [3.63, 3.8) is 0 Å². The average molecular weight is 315 g/mol. The number of aliphatic hydroxyl groups is 1. The summed E-state index contributed by atoms with van der Waals surface area (Å²) in [6.45, 7) is 6.24. The summed E-state index contributed by atoms with van der Waals surface area (Å²) < 4.78 is 5.55. The minimum Gasteiger partial charge on any atom is -0.459 e. The topological polar surface area (TPSA) is 98.6 Å². The molecule has 0 spiro atoms. The molecule has 1 heterocycles. The van der Waals surface area contributed by atoms with Crippen LogP contribution in [0.3, 0.4) is 0 Å². The highest BCUT2D eigenvalue weighted by molar-refractivity contribution is 6.20. The molecule has 8 atom stereocenters. The van der Waals surface area contributed by atoms with Crippen LogP contribution < -0.4 is 11.5 Å². The Morgan fingerprint density at radius 1 is 1.48 bits per heavy atom. The molecule has 21 heavy (non-hydrogen) atoms. The van der Waals surface area contributed by atoms with Gasteiger partial charge in [-0.15, -0.1) is 11.6 Å². The minimum absolute atomic E-state index is 0.0510. The fourth-order valence-electron chi connectivity index (χ4n) is 4.63. The molecule has 0 aromatic carbocycles. The van der Waals surface area contributed by atoms with Crippen LogP contribution in [0.2, 0.25) is 0 Å². The number of carbonyl (C=O) groups is 1. The highest BCUT2D eigenvalue weighted by Gasteiger charge is 2.64. The number of carbonyl (C=O) groups excluding carboxylic acids is 1. The summed E-state index contributed by atoms with van der Waals surface area (Å²) in [7, 11) is 0. The largest absolute Gasteiger partial charge is 0.459 e. The fraction of sp³-hybridized carbons (Fsp3) is 0.800. The molecule has 0 radical (unpaired) electrons. The Labute approximate surface area is 129 Å². The molecule has 0 aromatic rings. The maximum Gasteiger partial charge on any atom is 0.340 e. The quantitative estimate of drug-likeness (QED) is 0.369. The third kappa shape index (κ3) is 1.98. The number of ether oxygens (including phenoxy) is 1. The smallest absolute Gasteiger partial charge is 0.340 e. The Hall–Kier alpha value is -0.620. The van der Waals surface area contributed by atoms with E-state index in [2.05, 4.69) is 13.5 Å². The van der Waals surface area contributed by atoms with Crippen molar-refractivity contribution in [3.8, 4) is 0 Å². The lowest BCUT2D eigenvalue weighted by Crippen LogP contribution is -2.53. The van der Waals surface area contributed by atoms with E-state index in [1.807, 2.05) is 0 Å². The van der Waals surface area contributed by atoms with E-state index in [-0.39, 0.29) is 35.7 Å². The standard InChI is InChI=1S/C15H23ClN2O3/c1-6-3-10(18)12-13(21-14(19)15(12,20)5-16)11-7(2)9(17)4-8(6)11/h7-13,20H,1,3-5,17-18H2,2H3. The normalized spacial score (nSPS) is 53.1. The Morgan fingerprint density at radius 2 is 2.14 bits per heavy atom. The summed E-state index contributed by atoms with van der Waals surface area (Å²) in [6.07, 6.45) is 0.971. The van der Waals surface area contributed by atoms with E-state index in [1.54, 1.807) is 0 Å². The molecule has 8 unspecified atom stereocenters. The van der Waals surface area contributed by atoms with E-state index in [0.29, 0.717) is 6.42 Å². The van der Waals surface area contributed by atoms with Gasteiger partial charge in [-0.05, 0) is 24.7 Å². The zero-order valence-corrected chi connectivity index (χ0v) is 12.9. The lowest BCUT2D eigenvalue weighted by Gasteiger charge is -2.33. The van der Waals surface area contributed by atoms with Gasteiger partial charge in [0.2, 0.25) is 0 Å². The molecule has 2 saturated carbocycles. The van der Waals surface area contributed by atoms with Crippen molar-refractivity contribution in [2.75, 3.05) is 5.88 Å². The summed E-state index contributed by atoms with van der Waals surface area (Å²) >= 11 is 5.87. The first kappa shape index (κ1) is 15.3. The van der Waals surface area contributed by atoms with Crippen LogP contribution in [0.1, 0.15) is 19.8 Å². The van der Waals surface area contributed by atoms with E-state index < -0.39 is 23.6 Å². The molecule has 3 rings (SSSR count). The van der Waals surface area contributed by atoms with E-state index in [4.69, 9.17) is 27.8 Å². The Bertz CT molecular complexity index is 486. The van der Waals surface area contributed by atoms with Crippen LogP contribution in [0, 0.1) is 23.7 Å². The van der Waals surface area contributed by atoms with Crippen molar-refractivity contribution < 1.29 is 14.6 Å². The number of nitrogens with two attached hydrogens (primary N) is 2.